The predicted molar refractivity (Wildman–Crippen MR) is 216 cm³/mol. The van der Waals surface area contributed by atoms with Gasteiger partial charge in [-0.25, -0.2) is 4.79 Å². The lowest BCUT2D eigenvalue weighted by Gasteiger charge is -2.42. The smallest absolute Gasteiger partial charge is 0.410 e. The van der Waals surface area contributed by atoms with Gasteiger partial charge in [-0.3, -0.25) is 9.69 Å². The van der Waals surface area contributed by atoms with Crippen molar-refractivity contribution < 1.29 is 14.3 Å². The van der Waals surface area contributed by atoms with E-state index in [0.29, 0.717) is 23.9 Å². The minimum Gasteiger partial charge on any atom is -0.444 e. The van der Waals surface area contributed by atoms with Crippen LogP contribution < -0.4 is 5.32 Å². The average Bonchev–Trinajstić information content (AvgIpc) is 3.43. The first-order valence-electron chi connectivity index (χ1n) is 19.7. The summed E-state index contributed by atoms with van der Waals surface area (Å²) < 4.78 is 5.56. The van der Waals surface area contributed by atoms with Crippen molar-refractivity contribution >= 4 is 35.1 Å². The van der Waals surface area contributed by atoms with E-state index in [0.717, 1.165) is 107 Å². The Bertz CT molecular complexity index is 1340. The summed E-state index contributed by atoms with van der Waals surface area (Å²) in [5, 5.41) is 5.20. The second kappa shape index (κ2) is 21.6. The third-order valence-electron chi connectivity index (χ3n) is 10.4. The molecule has 0 spiro atoms. The molecule has 0 aromatic heterocycles. The highest BCUT2D eigenvalue weighted by Crippen LogP contribution is 2.25. The van der Waals surface area contributed by atoms with Gasteiger partial charge in [0.05, 0.1) is 0 Å². The normalized spacial score (nSPS) is 23.0. The van der Waals surface area contributed by atoms with Crippen LogP contribution in [-0.4, -0.2) is 122 Å². The quantitative estimate of drug-likeness (QED) is 0.332. The van der Waals surface area contributed by atoms with Gasteiger partial charge in [0.25, 0.3) is 0 Å². The number of hydrogen-bond donors (Lipinski definition) is 1. The number of carbonyl (C=O) groups excluding carboxylic acids is 2. The van der Waals surface area contributed by atoms with Crippen LogP contribution in [0.25, 0.3) is 0 Å². The number of piperidine rings is 1. The van der Waals surface area contributed by atoms with E-state index in [1.165, 1.54) is 36.9 Å². The number of halogens is 2. The summed E-state index contributed by atoms with van der Waals surface area (Å²) in [7, 11) is 4.42. The number of benzene rings is 2. The van der Waals surface area contributed by atoms with Crippen molar-refractivity contribution in [2.75, 3.05) is 66.5 Å². The van der Waals surface area contributed by atoms with E-state index in [-0.39, 0.29) is 6.09 Å². The minimum atomic E-state index is -0.438. The lowest BCUT2D eigenvalue weighted by Crippen LogP contribution is -2.52. The van der Waals surface area contributed by atoms with Gasteiger partial charge < -0.3 is 24.8 Å². The number of hydrogen-bond acceptors (Lipinski definition) is 7. The molecule has 2 atom stereocenters. The van der Waals surface area contributed by atoms with E-state index in [9.17, 15) is 9.59 Å². The highest BCUT2D eigenvalue weighted by atomic mass is 35.5. The van der Waals surface area contributed by atoms with Crippen LogP contribution in [0.15, 0.2) is 48.5 Å². The summed E-state index contributed by atoms with van der Waals surface area (Å²) in [6, 6.07) is 18.0. The van der Waals surface area contributed by atoms with Gasteiger partial charge in [-0.05, 0) is 141 Å². The van der Waals surface area contributed by atoms with Gasteiger partial charge in [0.1, 0.15) is 11.4 Å². The van der Waals surface area contributed by atoms with E-state index in [1.54, 1.807) is 0 Å². The highest BCUT2D eigenvalue weighted by Gasteiger charge is 2.34. The molecule has 4 aliphatic rings. The van der Waals surface area contributed by atoms with Gasteiger partial charge in [0.15, 0.2) is 0 Å². The number of nitrogens with one attached hydrogen (secondary N) is 1. The maximum Gasteiger partial charge on any atom is 0.410 e. The number of likely N-dealkylation sites (tertiary alicyclic amines) is 1. The van der Waals surface area contributed by atoms with Crippen LogP contribution in [0.1, 0.15) is 89.7 Å². The fourth-order valence-corrected chi connectivity index (χ4v) is 7.95. The van der Waals surface area contributed by atoms with Crippen LogP contribution >= 0.6 is 23.2 Å². The van der Waals surface area contributed by atoms with Gasteiger partial charge in [0, 0.05) is 73.7 Å². The first-order chi connectivity index (χ1) is 24.8. The number of amides is 1. The lowest BCUT2D eigenvalue weighted by atomic mass is 9.97. The molecule has 0 bridgehead atoms. The number of ether oxygens (including phenoxy) is 1. The zero-order valence-electron chi connectivity index (χ0n) is 32.6. The third kappa shape index (κ3) is 15.6. The fourth-order valence-electron chi connectivity index (χ4n) is 7.70. The van der Waals surface area contributed by atoms with Crippen molar-refractivity contribution in [1.29, 1.82) is 0 Å². The monoisotopic (exact) mass is 757 g/mol. The average molecular weight is 759 g/mol. The zero-order valence-corrected chi connectivity index (χ0v) is 34.1. The molecule has 10 heteroatoms. The van der Waals surface area contributed by atoms with Crippen molar-refractivity contribution in [3.05, 3.63) is 69.7 Å². The second-order valence-electron chi connectivity index (χ2n) is 16.2. The Kier molecular flexibility index (Phi) is 17.7. The zero-order chi connectivity index (χ0) is 37.5. The number of ketones is 1. The first kappa shape index (κ1) is 42.5. The molecule has 1 aliphatic carbocycles. The first-order valence-corrected chi connectivity index (χ1v) is 20.4. The summed E-state index contributed by atoms with van der Waals surface area (Å²) in [5.41, 5.74) is 2.26. The third-order valence-corrected chi connectivity index (χ3v) is 10.9. The summed E-state index contributed by atoms with van der Waals surface area (Å²) in [6.45, 7) is 14.1. The summed E-state index contributed by atoms with van der Waals surface area (Å²) in [6.07, 6.45) is 11.6. The Hall–Kier alpha value is -2.20. The molecule has 3 aliphatic heterocycles. The maximum absolute atomic E-state index is 12.4. The summed E-state index contributed by atoms with van der Waals surface area (Å²) in [4.78, 5) is 32.3. The SMILES string of the molecule is CN1CCCN(C2CCN(C(=O)OC(C)(C)C)CC2)[C@@H](Cc2ccc(Cl)cc2)C1.CN1CCCN[C@@H](Cc2ccc(Cl)cc2)C1.O=C1CCCCC1. The second-order valence-corrected chi connectivity index (χ2v) is 17.1. The topological polar surface area (TPSA) is 68.4 Å². The molecule has 3 saturated heterocycles. The number of rotatable bonds is 5. The van der Waals surface area contributed by atoms with E-state index in [2.05, 4.69) is 58.4 Å². The molecule has 1 N–H and O–H groups in total. The molecular formula is C42H65Cl2N5O3. The van der Waals surface area contributed by atoms with E-state index < -0.39 is 5.60 Å². The number of nitrogens with zero attached hydrogens (tertiary/aromatic N) is 4. The van der Waals surface area contributed by atoms with Crippen LogP contribution in [0.2, 0.25) is 10.0 Å². The Balaban J connectivity index is 0.000000217. The Morgan fingerprint density at radius 3 is 1.87 bits per heavy atom. The van der Waals surface area contributed by atoms with Gasteiger partial charge in [-0.15, -0.1) is 0 Å². The Morgan fingerprint density at radius 2 is 1.31 bits per heavy atom. The molecule has 8 nitrogen and oxygen atoms in total. The van der Waals surface area contributed by atoms with E-state index in [4.69, 9.17) is 27.9 Å². The molecule has 3 heterocycles. The molecular weight excluding hydrogens is 693 g/mol. The molecule has 2 aromatic rings. The number of carbonyl (C=O) groups is 2. The Morgan fingerprint density at radius 1 is 0.750 bits per heavy atom. The highest BCUT2D eigenvalue weighted by molar-refractivity contribution is 6.30. The van der Waals surface area contributed by atoms with Crippen LogP contribution in [0, 0.1) is 0 Å². The van der Waals surface area contributed by atoms with Crippen LogP contribution in [0.4, 0.5) is 4.79 Å². The summed E-state index contributed by atoms with van der Waals surface area (Å²) in [5.74, 6) is 0.464. The van der Waals surface area contributed by atoms with Crippen molar-refractivity contribution in [3.8, 4) is 0 Å². The van der Waals surface area contributed by atoms with Gasteiger partial charge in [-0.2, -0.15) is 0 Å². The van der Waals surface area contributed by atoms with Gasteiger partial charge in [0.2, 0.25) is 0 Å². The lowest BCUT2D eigenvalue weighted by molar-refractivity contribution is -0.120. The summed E-state index contributed by atoms with van der Waals surface area (Å²) >= 11 is 12.0. The predicted octanol–water partition coefficient (Wildman–Crippen LogP) is 7.98. The number of likely N-dealkylation sites (N-methyl/N-ethyl adjacent to an activating group) is 2. The van der Waals surface area contributed by atoms with E-state index in [1.807, 2.05) is 49.9 Å². The molecule has 1 amide bonds. The van der Waals surface area contributed by atoms with Gasteiger partial charge >= 0.3 is 6.09 Å². The minimum absolute atomic E-state index is 0.177. The van der Waals surface area contributed by atoms with Crippen molar-refractivity contribution in [3.63, 3.8) is 0 Å². The molecule has 52 heavy (non-hydrogen) atoms. The van der Waals surface area contributed by atoms with Crippen molar-refractivity contribution in [2.24, 2.45) is 0 Å². The molecule has 6 rings (SSSR count). The maximum atomic E-state index is 12.4. The van der Waals surface area contributed by atoms with Gasteiger partial charge in [-0.1, -0.05) is 53.9 Å². The number of Topliss-reactive ketones (excluding diaryl/α,β-unsaturated/α-hetero) is 1. The van der Waals surface area contributed by atoms with Crippen molar-refractivity contribution in [2.45, 2.75) is 115 Å². The van der Waals surface area contributed by atoms with E-state index >= 15 is 0 Å². The largest absolute Gasteiger partial charge is 0.444 e. The standard InChI is InChI=1S/C23H36ClN3O2.C13H19ClN2.C6H10O/c1-23(2,3)29-22(28)26-14-10-20(11-15-26)27-13-5-12-25(4)17-21(27)16-18-6-8-19(24)9-7-18;1-16-8-2-7-15-13(10-16)9-11-3-5-12(14)6-4-11;7-6-4-2-1-3-5-6/h6-9,20-21H,5,10-17H2,1-4H3;3-6,13,15H,2,7-10H2,1H3;1-5H2/t21-;13-;/m00./s1. The molecule has 4 fully saturated rings. The van der Waals surface area contributed by atoms with Crippen LogP contribution in [0.5, 0.6) is 0 Å². The Labute approximate surface area is 324 Å². The fraction of sp³-hybridized carbons (Fsp3) is 0.667. The molecule has 0 radical (unpaired) electrons. The van der Waals surface area contributed by atoms with Crippen molar-refractivity contribution in [1.82, 2.24) is 24.9 Å². The molecule has 1 saturated carbocycles. The molecule has 2 aromatic carbocycles. The van der Waals surface area contributed by atoms with Crippen LogP contribution in [-0.2, 0) is 22.4 Å². The van der Waals surface area contributed by atoms with Crippen LogP contribution in [0.3, 0.4) is 0 Å². The molecule has 0 unspecified atom stereocenters. The molecule has 290 valence electrons.